The molecule has 2 N–H and O–H groups in total. The lowest BCUT2D eigenvalue weighted by atomic mass is 9.93. The molecule has 1 fully saturated rings. The number of fused-ring (bicyclic) bond motifs is 3. The van der Waals surface area contributed by atoms with Crippen molar-refractivity contribution < 1.29 is 9.72 Å². The number of nitrogens with zero attached hydrogens (tertiary/aromatic N) is 2. The van der Waals surface area contributed by atoms with Gasteiger partial charge in [-0.1, -0.05) is 37.5 Å². The monoisotopic (exact) mass is 365 g/mol. The first-order chi connectivity index (χ1) is 13.1. The van der Waals surface area contributed by atoms with Crippen LogP contribution in [0.1, 0.15) is 48.0 Å². The van der Waals surface area contributed by atoms with Gasteiger partial charge in [0, 0.05) is 42.0 Å². The van der Waals surface area contributed by atoms with Crippen molar-refractivity contribution in [3.63, 3.8) is 0 Å². The average Bonchev–Trinajstić information content (AvgIpc) is 2.99. The molecule has 0 bridgehead atoms. The van der Waals surface area contributed by atoms with Crippen LogP contribution in [0.3, 0.4) is 0 Å². The number of nitro benzene ring substituents is 1. The predicted molar refractivity (Wildman–Crippen MR) is 105 cm³/mol. The molecule has 2 aliphatic rings. The molecule has 2 aliphatic carbocycles. The average molecular weight is 365 g/mol. The van der Waals surface area contributed by atoms with Gasteiger partial charge in [-0.2, -0.15) is 0 Å². The van der Waals surface area contributed by atoms with E-state index in [1.807, 2.05) is 18.2 Å². The van der Waals surface area contributed by atoms with E-state index in [2.05, 4.69) is 4.90 Å². The number of carbonyl (C=O) groups is 1. The Balaban J connectivity index is 1.75. The van der Waals surface area contributed by atoms with Crippen LogP contribution in [0.4, 0.5) is 11.4 Å². The number of nitro groups is 1. The van der Waals surface area contributed by atoms with Gasteiger partial charge in [0.1, 0.15) is 5.56 Å². The second kappa shape index (κ2) is 7.12. The molecule has 0 amide bonds. The number of benzene rings is 2. The van der Waals surface area contributed by atoms with Gasteiger partial charge in [0.2, 0.25) is 5.78 Å². The molecule has 2 aromatic rings. The minimum Gasteiger partial charge on any atom is -0.367 e. The summed E-state index contributed by atoms with van der Waals surface area (Å²) in [5, 5.41) is 11.4. The van der Waals surface area contributed by atoms with E-state index in [0.717, 1.165) is 30.6 Å². The van der Waals surface area contributed by atoms with Crippen LogP contribution < -0.4 is 10.6 Å². The molecule has 4 rings (SSSR count). The topological polar surface area (TPSA) is 89.5 Å². The highest BCUT2D eigenvalue weighted by Gasteiger charge is 2.34. The normalized spacial score (nSPS) is 16.1. The lowest BCUT2D eigenvalue weighted by Crippen LogP contribution is -2.40. The lowest BCUT2D eigenvalue weighted by Gasteiger charge is -2.36. The van der Waals surface area contributed by atoms with Crippen LogP contribution in [0.15, 0.2) is 36.4 Å². The molecule has 140 valence electrons. The molecule has 0 atom stereocenters. The minimum absolute atomic E-state index is 0.124. The first-order valence-corrected chi connectivity index (χ1v) is 9.55. The summed E-state index contributed by atoms with van der Waals surface area (Å²) in [6, 6.07) is 11.1. The molecule has 0 aromatic heterocycles. The third-order valence-electron chi connectivity index (χ3n) is 5.72. The van der Waals surface area contributed by atoms with Crippen molar-refractivity contribution in [2.24, 2.45) is 5.73 Å². The summed E-state index contributed by atoms with van der Waals surface area (Å²) in [4.78, 5) is 26.2. The zero-order valence-corrected chi connectivity index (χ0v) is 15.2. The van der Waals surface area contributed by atoms with E-state index in [-0.39, 0.29) is 17.0 Å². The Labute approximate surface area is 158 Å². The molecule has 0 radical (unpaired) electrons. The molecule has 6 nitrogen and oxygen atoms in total. The van der Waals surface area contributed by atoms with Crippen molar-refractivity contribution in [2.45, 2.75) is 38.1 Å². The van der Waals surface area contributed by atoms with Gasteiger partial charge >= 0.3 is 0 Å². The number of anilines is 1. The zero-order chi connectivity index (χ0) is 19.0. The molecule has 1 saturated carbocycles. The minimum atomic E-state index is -0.480. The van der Waals surface area contributed by atoms with Crippen molar-refractivity contribution >= 4 is 17.2 Å². The molecule has 0 unspecified atom stereocenters. The van der Waals surface area contributed by atoms with Gasteiger partial charge < -0.3 is 10.6 Å². The zero-order valence-electron chi connectivity index (χ0n) is 15.2. The second-order valence-corrected chi connectivity index (χ2v) is 7.29. The Morgan fingerprint density at radius 1 is 1.07 bits per heavy atom. The molecule has 2 aromatic carbocycles. The maximum Gasteiger partial charge on any atom is 0.281 e. The fourth-order valence-electron chi connectivity index (χ4n) is 4.48. The summed E-state index contributed by atoms with van der Waals surface area (Å²) in [7, 11) is 0. The molecular formula is C21H23N3O3. The number of nitrogens with two attached hydrogens (primary N) is 1. The van der Waals surface area contributed by atoms with Crippen LogP contribution in [-0.4, -0.2) is 29.8 Å². The van der Waals surface area contributed by atoms with E-state index >= 15 is 0 Å². The summed E-state index contributed by atoms with van der Waals surface area (Å²) >= 11 is 0. The van der Waals surface area contributed by atoms with Crippen LogP contribution in [0, 0.1) is 10.1 Å². The maximum absolute atomic E-state index is 13.0. The number of rotatable bonds is 5. The van der Waals surface area contributed by atoms with E-state index in [1.54, 1.807) is 12.1 Å². The van der Waals surface area contributed by atoms with E-state index in [0.29, 0.717) is 23.7 Å². The summed E-state index contributed by atoms with van der Waals surface area (Å²) in [6.07, 6.45) is 5.97. The Kier molecular flexibility index (Phi) is 4.66. The van der Waals surface area contributed by atoms with Gasteiger partial charge in [0.15, 0.2) is 0 Å². The van der Waals surface area contributed by atoms with Crippen LogP contribution in [0.5, 0.6) is 0 Å². The standard InChI is InChI=1S/C21H23N3O3/c22-11-12-23(14-5-2-1-3-6-14)15-9-10-16-17-7-4-8-19(24(26)27)20(17)21(25)18(16)13-15/h4,7-10,13-14H,1-3,5-6,11-12,22H2. The van der Waals surface area contributed by atoms with Gasteiger partial charge in [-0.25, -0.2) is 0 Å². The number of hydrogen-bond donors (Lipinski definition) is 1. The van der Waals surface area contributed by atoms with E-state index in [4.69, 9.17) is 5.73 Å². The van der Waals surface area contributed by atoms with Crippen molar-refractivity contribution in [2.75, 3.05) is 18.0 Å². The van der Waals surface area contributed by atoms with Gasteiger partial charge in [-0.3, -0.25) is 14.9 Å². The molecule has 0 saturated heterocycles. The number of hydrogen-bond acceptors (Lipinski definition) is 5. The van der Waals surface area contributed by atoms with Gasteiger partial charge in [0.25, 0.3) is 5.69 Å². The maximum atomic E-state index is 13.0. The van der Waals surface area contributed by atoms with Crippen molar-refractivity contribution in [1.29, 1.82) is 0 Å². The van der Waals surface area contributed by atoms with Crippen LogP contribution in [0.25, 0.3) is 11.1 Å². The van der Waals surface area contributed by atoms with Crippen molar-refractivity contribution in [3.05, 3.63) is 57.6 Å². The molecular weight excluding hydrogens is 342 g/mol. The van der Waals surface area contributed by atoms with Gasteiger partial charge in [-0.15, -0.1) is 0 Å². The smallest absolute Gasteiger partial charge is 0.281 e. The number of ketones is 1. The fourth-order valence-corrected chi connectivity index (χ4v) is 4.48. The Bertz CT molecular complexity index is 904. The molecule has 0 heterocycles. The van der Waals surface area contributed by atoms with E-state index in [9.17, 15) is 14.9 Å². The van der Waals surface area contributed by atoms with Gasteiger partial charge in [0.05, 0.1) is 4.92 Å². The predicted octanol–water partition coefficient (Wildman–Crippen LogP) is 3.90. The highest BCUT2D eigenvalue weighted by molar-refractivity contribution is 6.24. The Morgan fingerprint density at radius 2 is 1.85 bits per heavy atom. The third-order valence-corrected chi connectivity index (χ3v) is 5.72. The first kappa shape index (κ1) is 17.7. The summed E-state index contributed by atoms with van der Waals surface area (Å²) < 4.78 is 0. The van der Waals surface area contributed by atoms with Crippen LogP contribution >= 0.6 is 0 Å². The Morgan fingerprint density at radius 3 is 2.56 bits per heavy atom. The number of carbonyl (C=O) groups excluding carboxylic acids is 1. The van der Waals surface area contributed by atoms with Crippen LogP contribution in [0.2, 0.25) is 0 Å². The molecule has 0 spiro atoms. The van der Waals surface area contributed by atoms with E-state index < -0.39 is 4.92 Å². The fraction of sp³-hybridized carbons (Fsp3) is 0.381. The molecule has 6 heteroatoms. The summed E-state index contributed by atoms with van der Waals surface area (Å²) in [6.45, 7) is 1.29. The van der Waals surface area contributed by atoms with Crippen molar-refractivity contribution in [1.82, 2.24) is 0 Å². The Hall–Kier alpha value is -2.73. The quantitative estimate of drug-likeness (QED) is 0.547. The van der Waals surface area contributed by atoms with E-state index in [1.165, 1.54) is 25.3 Å². The molecule has 27 heavy (non-hydrogen) atoms. The van der Waals surface area contributed by atoms with Crippen molar-refractivity contribution in [3.8, 4) is 11.1 Å². The SMILES string of the molecule is NCCN(c1ccc2c(c1)C(=O)c1c-2cccc1[N+](=O)[O-])C1CCCCC1. The third kappa shape index (κ3) is 3.00. The highest BCUT2D eigenvalue weighted by atomic mass is 16.6. The highest BCUT2D eigenvalue weighted by Crippen LogP contribution is 2.42. The first-order valence-electron chi connectivity index (χ1n) is 9.55. The molecule has 0 aliphatic heterocycles. The van der Waals surface area contributed by atoms with Gasteiger partial charge in [-0.05, 0) is 30.5 Å². The summed E-state index contributed by atoms with van der Waals surface area (Å²) in [5.41, 5.74) is 8.89. The van der Waals surface area contributed by atoms with Crippen LogP contribution in [-0.2, 0) is 0 Å². The second-order valence-electron chi connectivity index (χ2n) is 7.29. The summed E-state index contributed by atoms with van der Waals surface area (Å²) in [5.74, 6) is -0.259. The largest absolute Gasteiger partial charge is 0.367 e. The lowest BCUT2D eigenvalue weighted by molar-refractivity contribution is -0.385.